The van der Waals surface area contributed by atoms with Crippen LogP contribution in [0.1, 0.15) is 5.56 Å². The SMILES string of the molecule is CS(=O)(=O)N1CCN(Cc2cccc3ccccc23)CC1.O=C(O)C(=O)O. The number of rotatable bonds is 3. The van der Waals surface area contributed by atoms with Crippen LogP contribution in [-0.4, -0.2) is 72.2 Å². The first-order chi connectivity index (χ1) is 12.7. The van der Waals surface area contributed by atoms with E-state index in [1.165, 1.54) is 22.6 Å². The van der Waals surface area contributed by atoms with Gasteiger partial charge in [0.2, 0.25) is 10.0 Å². The third-order valence-corrected chi connectivity index (χ3v) is 5.56. The zero-order valence-corrected chi connectivity index (χ0v) is 15.7. The highest BCUT2D eigenvalue weighted by molar-refractivity contribution is 7.88. The maximum atomic E-state index is 11.5. The van der Waals surface area contributed by atoms with Crippen LogP contribution in [-0.2, 0) is 26.2 Å². The number of carboxylic acids is 2. The molecule has 2 aromatic rings. The van der Waals surface area contributed by atoms with E-state index in [1.54, 1.807) is 4.31 Å². The lowest BCUT2D eigenvalue weighted by atomic mass is 10.0. The molecule has 0 bridgehead atoms. The Labute approximate surface area is 157 Å². The van der Waals surface area contributed by atoms with Crippen LogP contribution in [0.3, 0.4) is 0 Å². The molecule has 146 valence electrons. The van der Waals surface area contributed by atoms with Crippen LogP contribution in [0.25, 0.3) is 10.8 Å². The van der Waals surface area contributed by atoms with Crippen molar-refractivity contribution in [1.29, 1.82) is 0 Å². The molecule has 0 saturated carbocycles. The van der Waals surface area contributed by atoms with E-state index in [-0.39, 0.29) is 0 Å². The minimum Gasteiger partial charge on any atom is -0.473 e. The van der Waals surface area contributed by atoms with Gasteiger partial charge in [-0.3, -0.25) is 4.90 Å². The molecule has 27 heavy (non-hydrogen) atoms. The van der Waals surface area contributed by atoms with Crippen molar-refractivity contribution in [2.45, 2.75) is 6.54 Å². The molecule has 2 N–H and O–H groups in total. The monoisotopic (exact) mass is 394 g/mol. The summed E-state index contributed by atoms with van der Waals surface area (Å²) < 4.78 is 24.6. The standard InChI is InChI=1S/C16H20N2O2S.C2H2O4/c1-21(19,20)18-11-9-17(10-12-18)13-15-7-4-6-14-5-2-3-8-16(14)15;3-1(4)2(5)6/h2-8H,9-13H2,1H3;(H,3,4)(H,5,6). The largest absolute Gasteiger partial charge is 0.473 e. The Bertz CT molecular complexity index is 903. The van der Waals surface area contributed by atoms with E-state index in [1.807, 2.05) is 0 Å². The van der Waals surface area contributed by atoms with E-state index < -0.39 is 22.0 Å². The molecule has 3 rings (SSSR count). The van der Waals surface area contributed by atoms with Gasteiger partial charge >= 0.3 is 11.9 Å². The van der Waals surface area contributed by atoms with Crippen molar-refractivity contribution >= 4 is 32.7 Å². The molecule has 0 aliphatic carbocycles. The number of benzene rings is 2. The summed E-state index contributed by atoms with van der Waals surface area (Å²) in [7, 11) is -3.05. The van der Waals surface area contributed by atoms with Crippen molar-refractivity contribution in [3.05, 3.63) is 48.0 Å². The fourth-order valence-electron chi connectivity index (χ4n) is 2.89. The summed E-state index contributed by atoms with van der Waals surface area (Å²) in [4.78, 5) is 20.5. The van der Waals surface area contributed by atoms with Crippen LogP contribution in [0, 0.1) is 0 Å². The summed E-state index contributed by atoms with van der Waals surface area (Å²) in [6.45, 7) is 3.62. The summed E-state index contributed by atoms with van der Waals surface area (Å²) in [6, 6.07) is 14.8. The van der Waals surface area contributed by atoms with Gasteiger partial charge < -0.3 is 10.2 Å². The molecule has 0 spiro atoms. The van der Waals surface area contributed by atoms with E-state index in [2.05, 4.69) is 47.4 Å². The van der Waals surface area contributed by atoms with Gasteiger partial charge in [-0.25, -0.2) is 18.0 Å². The van der Waals surface area contributed by atoms with Crippen molar-refractivity contribution in [1.82, 2.24) is 9.21 Å². The second kappa shape index (κ2) is 8.94. The van der Waals surface area contributed by atoms with Gasteiger partial charge in [-0.1, -0.05) is 42.5 Å². The smallest absolute Gasteiger partial charge is 0.414 e. The summed E-state index contributed by atoms with van der Waals surface area (Å²) in [6.07, 6.45) is 1.29. The van der Waals surface area contributed by atoms with Crippen LogP contribution in [0.2, 0.25) is 0 Å². The highest BCUT2D eigenvalue weighted by Crippen LogP contribution is 2.20. The molecule has 0 unspecified atom stereocenters. The molecule has 1 fully saturated rings. The molecule has 1 aliphatic rings. The number of piperazine rings is 1. The predicted molar refractivity (Wildman–Crippen MR) is 101 cm³/mol. The number of sulfonamides is 1. The van der Waals surface area contributed by atoms with E-state index in [0.717, 1.165) is 19.6 Å². The zero-order valence-electron chi connectivity index (χ0n) is 14.9. The molecule has 9 heteroatoms. The Morgan fingerprint density at radius 2 is 1.48 bits per heavy atom. The third-order valence-electron chi connectivity index (χ3n) is 4.26. The average Bonchev–Trinajstić information content (AvgIpc) is 2.62. The first-order valence-corrected chi connectivity index (χ1v) is 10.1. The highest BCUT2D eigenvalue weighted by Gasteiger charge is 2.23. The Hall–Kier alpha value is -2.49. The normalized spacial score (nSPS) is 15.7. The van der Waals surface area contributed by atoms with Crippen LogP contribution in [0.4, 0.5) is 0 Å². The number of aliphatic carboxylic acids is 2. The number of carboxylic acid groups (broad SMARTS) is 2. The van der Waals surface area contributed by atoms with Crippen molar-refractivity contribution in [3.8, 4) is 0 Å². The molecule has 1 aliphatic heterocycles. The lowest BCUT2D eigenvalue weighted by Gasteiger charge is -2.33. The molecule has 0 atom stereocenters. The molecule has 0 amide bonds. The minimum atomic E-state index is -3.05. The van der Waals surface area contributed by atoms with Crippen molar-refractivity contribution < 1.29 is 28.2 Å². The Morgan fingerprint density at radius 3 is 2.04 bits per heavy atom. The van der Waals surface area contributed by atoms with Crippen molar-refractivity contribution in [3.63, 3.8) is 0 Å². The summed E-state index contributed by atoms with van der Waals surface area (Å²) >= 11 is 0. The predicted octanol–water partition coefficient (Wildman–Crippen LogP) is 1.07. The van der Waals surface area contributed by atoms with E-state index in [9.17, 15) is 8.42 Å². The number of fused-ring (bicyclic) bond motifs is 1. The quantitative estimate of drug-likeness (QED) is 0.748. The Balaban J connectivity index is 0.000000380. The number of hydrogen-bond donors (Lipinski definition) is 2. The molecule has 1 heterocycles. The summed E-state index contributed by atoms with van der Waals surface area (Å²) in [5, 5.41) is 17.3. The maximum Gasteiger partial charge on any atom is 0.414 e. The molecule has 2 aromatic carbocycles. The number of nitrogens with zero attached hydrogens (tertiary/aromatic N) is 2. The zero-order chi connectivity index (χ0) is 20.0. The second-order valence-corrected chi connectivity index (χ2v) is 8.17. The summed E-state index contributed by atoms with van der Waals surface area (Å²) in [5.41, 5.74) is 1.31. The van der Waals surface area contributed by atoms with Crippen LogP contribution < -0.4 is 0 Å². The fraction of sp³-hybridized carbons (Fsp3) is 0.333. The fourth-order valence-corrected chi connectivity index (χ4v) is 3.72. The van der Waals surface area contributed by atoms with Gasteiger partial charge in [0.15, 0.2) is 0 Å². The minimum absolute atomic E-state index is 0.587. The first kappa shape index (κ1) is 20.8. The maximum absolute atomic E-state index is 11.5. The molecule has 0 radical (unpaired) electrons. The van der Waals surface area contributed by atoms with Gasteiger partial charge in [0.05, 0.1) is 6.26 Å². The van der Waals surface area contributed by atoms with Gasteiger partial charge in [0.25, 0.3) is 0 Å². The Morgan fingerprint density at radius 1 is 0.926 bits per heavy atom. The lowest BCUT2D eigenvalue weighted by Crippen LogP contribution is -2.47. The van der Waals surface area contributed by atoms with Gasteiger partial charge in [-0.15, -0.1) is 0 Å². The van der Waals surface area contributed by atoms with Crippen molar-refractivity contribution in [2.24, 2.45) is 0 Å². The first-order valence-electron chi connectivity index (χ1n) is 8.29. The average molecular weight is 394 g/mol. The van der Waals surface area contributed by atoms with E-state index in [4.69, 9.17) is 19.8 Å². The second-order valence-electron chi connectivity index (χ2n) is 6.19. The molecular formula is C18H22N2O6S. The molecular weight excluding hydrogens is 372 g/mol. The van der Waals surface area contributed by atoms with Gasteiger partial charge in [0, 0.05) is 32.7 Å². The molecule has 0 aromatic heterocycles. The number of carbonyl (C=O) groups is 2. The van der Waals surface area contributed by atoms with Gasteiger partial charge in [-0.2, -0.15) is 4.31 Å². The lowest BCUT2D eigenvalue weighted by molar-refractivity contribution is -0.159. The molecule has 1 saturated heterocycles. The van der Waals surface area contributed by atoms with Crippen LogP contribution >= 0.6 is 0 Å². The summed E-state index contributed by atoms with van der Waals surface area (Å²) in [5.74, 6) is -3.65. The third kappa shape index (κ3) is 6.02. The topological polar surface area (TPSA) is 115 Å². The highest BCUT2D eigenvalue weighted by atomic mass is 32.2. The molecule has 8 nitrogen and oxygen atoms in total. The van der Waals surface area contributed by atoms with E-state index in [0.29, 0.717) is 13.1 Å². The Kier molecular flexibility index (Phi) is 6.89. The number of hydrogen-bond acceptors (Lipinski definition) is 5. The van der Waals surface area contributed by atoms with Crippen LogP contribution in [0.15, 0.2) is 42.5 Å². The van der Waals surface area contributed by atoms with Crippen LogP contribution in [0.5, 0.6) is 0 Å². The van der Waals surface area contributed by atoms with Gasteiger partial charge in [0.1, 0.15) is 0 Å². The van der Waals surface area contributed by atoms with Crippen molar-refractivity contribution in [2.75, 3.05) is 32.4 Å². The van der Waals surface area contributed by atoms with E-state index >= 15 is 0 Å². The van der Waals surface area contributed by atoms with Gasteiger partial charge in [-0.05, 0) is 16.3 Å².